The minimum atomic E-state index is -4.48. The number of rotatable bonds is 4. The van der Waals surface area contributed by atoms with Crippen molar-refractivity contribution in [2.24, 2.45) is 0 Å². The number of aryl methyl sites for hydroxylation is 1. The first kappa shape index (κ1) is 14.1. The van der Waals surface area contributed by atoms with Crippen LogP contribution in [0.3, 0.4) is 0 Å². The van der Waals surface area contributed by atoms with Gasteiger partial charge in [0.2, 0.25) is 0 Å². The van der Waals surface area contributed by atoms with Gasteiger partial charge in [-0.15, -0.1) is 0 Å². The first-order chi connectivity index (χ1) is 9.39. The second kappa shape index (κ2) is 5.36. The van der Waals surface area contributed by atoms with Crippen molar-refractivity contribution in [2.75, 3.05) is 0 Å². The highest BCUT2D eigenvalue weighted by atomic mass is 19.4. The van der Waals surface area contributed by atoms with Crippen LogP contribution >= 0.6 is 0 Å². The second-order valence-corrected chi connectivity index (χ2v) is 4.21. The van der Waals surface area contributed by atoms with E-state index in [-0.39, 0.29) is 24.1 Å². The molecule has 0 radical (unpaired) electrons. The van der Waals surface area contributed by atoms with Crippen LogP contribution in [-0.4, -0.2) is 21.3 Å². The minimum absolute atomic E-state index is 0.0297. The lowest BCUT2D eigenvalue weighted by Gasteiger charge is -2.12. The van der Waals surface area contributed by atoms with Crippen molar-refractivity contribution in [3.63, 3.8) is 0 Å². The van der Waals surface area contributed by atoms with Crippen molar-refractivity contribution in [1.82, 2.24) is 10.2 Å². The number of aliphatic carboxylic acids is 1. The van der Waals surface area contributed by atoms with E-state index >= 15 is 0 Å². The van der Waals surface area contributed by atoms with E-state index in [9.17, 15) is 18.0 Å². The van der Waals surface area contributed by atoms with Crippen LogP contribution in [-0.2, 0) is 17.4 Å². The van der Waals surface area contributed by atoms with Crippen LogP contribution in [0.4, 0.5) is 13.2 Å². The van der Waals surface area contributed by atoms with Gasteiger partial charge >= 0.3 is 12.1 Å². The van der Waals surface area contributed by atoms with Crippen LogP contribution in [0.25, 0.3) is 11.3 Å². The van der Waals surface area contributed by atoms with E-state index in [1.165, 1.54) is 24.4 Å². The Morgan fingerprint density at radius 2 is 2.00 bits per heavy atom. The number of carboxylic acid groups (broad SMARTS) is 1. The van der Waals surface area contributed by atoms with Gasteiger partial charge in [0.1, 0.15) is 0 Å². The number of hydrogen-bond acceptors (Lipinski definition) is 2. The molecule has 1 heterocycles. The summed E-state index contributed by atoms with van der Waals surface area (Å²) in [6.07, 6.45) is -3.18. The number of H-pyrrole nitrogens is 1. The number of hydrogen-bond donors (Lipinski definition) is 2. The average molecular weight is 284 g/mol. The maximum absolute atomic E-state index is 13.0. The highest BCUT2D eigenvalue weighted by molar-refractivity contribution is 5.70. The topological polar surface area (TPSA) is 66.0 Å². The molecule has 4 nitrogen and oxygen atoms in total. The van der Waals surface area contributed by atoms with Crippen LogP contribution in [0.15, 0.2) is 30.5 Å². The molecule has 1 aromatic heterocycles. The Morgan fingerprint density at radius 1 is 1.30 bits per heavy atom. The lowest BCUT2D eigenvalue weighted by molar-refractivity contribution is -0.138. The summed E-state index contributed by atoms with van der Waals surface area (Å²) < 4.78 is 38.9. The highest BCUT2D eigenvalue weighted by Crippen LogP contribution is 2.37. The van der Waals surface area contributed by atoms with Crippen LogP contribution in [0.5, 0.6) is 0 Å². The number of aromatic amines is 1. The fraction of sp³-hybridized carbons (Fsp3) is 0.231. The quantitative estimate of drug-likeness (QED) is 0.906. The maximum atomic E-state index is 13.0. The third kappa shape index (κ3) is 2.98. The van der Waals surface area contributed by atoms with Crippen LogP contribution in [0.1, 0.15) is 17.5 Å². The van der Waals surface area contributed by atoms with Crippen molar-refractivity contribution in [2.45, 2.75) is 19.0 Å². The van der Waals surface area contributed by atoms with Crippen molar-refractivity contribution in [3.8, 4) is 11.3 Å². The van der Waals surface area contributed by atoms with Crippen molar-refractivity contribution < 1.29 is 23.1 Å². The molecular formula is C13H11F3N2O2. The molecule has 0 unspecified atom stereocenters. The molecule has 106 valence electrons. The van der Waals surface area contributed by atoms with Gasteiger partial charge in [-0.2, -0.15) is 18.3 Å². The zero-order valence-corrected chi connectivity index (χ0v) is 10.2. The summed E-state index contributed by atoms with van der Waals surface area (Å²) in [6, 6.07) is 5.11. The number of halogens is 3. The number of nitrogens with zero attached hydrogens (tertiary/aromatic N) is 1. The van der Waals surface area contributed by atoms with E-state index in [1.54, 1.807) is 0 Å². The number of carboxylic acids is 1. The molecule has 0 aliphatic heterocycles. The predicted molar refractivity (Wildman–Crippen MR) is 65.0 cm³/mol. The van der Waals surface area contributed by atoms with Gasteiger partial charge in [-0.05, 0) is 18.1 Å². The number of benzene rings is 1. The maximum Gasteiger partial charge on any atom is 0.417 e. The standard InChI is InChI=1S/C13H11F3N2O2/c14-13(15,16)10-4-2-1-3-9(10)12-8(7-17-18-12)5-6-11(19)20/h1-4,7H,5-6H2,(H,17,18)(H,19,20). The largest absolute Gasteiger partial charge is 0.481 e. The fourth-order valence-electron chi connectivity index (χ4n) is 1.92. The Labute approximate surface area is 112 Å². The summed E-state index contributed by atoms with van der Waals surface area (Å²) >= 11 is 0. The molecule has 0 amide bonds. The van der Waals surface area contributed by atoms with Crippen molar-refractivity contribution in [3.05, 3.63) is 41.6 Å². The summed E-state index contributed by atoms with van der Waals surface area (Å²) in [4.78, 5) is 10.6. The highest BCUT2D eigenvalue weighted by Gasteiger charge is 2.34. The Balaban J connectivity index is 2.43. The molecule has 0 aliphatic rings. The molecule has 1 aromatic carbocycles. The summed E-state index contributed by atoms with van der Waals surface area (Å²) in [5.74, 6) is -1.01. The summed E-state index contributed by atoms with van der Waals surface area (Å²) in [6.45, 7) is 0. The third-order valence-corrected chi connectivity index (χ3v) is 2.83. The Kier molecular flexibility index (Phi) is 3.78. The Morgan fingerprint density at radius 3 is 2.65 bits per heavy atom. The van der Waals surface area contributed by atoms with Gasteiger partial charge < -0.3 is 5.11 Å². The molecule has 2 N–H and O–H groups in total. The fourth-order valence-corrected chi connectivity index (χ4v) is 1.92. The van der Waals surface area contributed by atoms with Gasteiger partial charge in [0.15, 0.2) is 0 Å². The van der Waals surface area contributed by atoms with Gasteiger partial charge in [0.05, 0.1) is 17.5 Å². The van der Waals surface area contributed by atoms with E-state index in [0.717, 1.165) is 6.07 Å². The van der Waals surface area contributed by atoms with Crippen LogP contribution < -0.4 is 0 Å². The normalized spacial score (nSPS) is 11.6. The SMILES string of the molecule is O=C(O)CCc1cn[nH]c1-c1ccccc1C(F)(F)F. The van der Waals surface area contributed by atoms with Crippen LogP contribution in [0.2, 0.25) is 0 Å². The van der Waals surface area contributed by atoms with Gasteiger partial charge in [-0.25, -0.2) is 0 Å². The van der Waals surface area contributed by atoms with Gasteiger partial charge in [0, 0.05) is 12.0 Å². The molecule has 0 fully saturated rings. The summed E-state index contributed by atoms with van der Waals surface area (Å²) in [5.41, 5.74) is -0.151. The number of nitrogens with one attached hydrogen (secondary N) is 1. The molecule has 20 heavy (non-hydrogen) atoms. The van der Waals surface area contributed by atoms with E-state index in [0.29, 0.717) is 5.56 Å². The smallest absolute Gasteiger partial charge is 0.417 e. The zero-order chi connectivity index (χ0) is 14.8. The molecule has 0 aliphatic carbocycles. The molecule has 0 atom stereocenters. The number of carbonyl (C=O) groups is 1. The van der Waals surface area contributed by atoms with Crippen LogP contribution in [0, 0.1) is 0 Å². The minimum Gasteiger partial charge on any atom is -0.481 e. The van der Waals surface area contributed by atoms with E-state index < -0.39 is 17.7 Å². The predicted octanol–water partition coefficient (Wildman–Crippen LogP) is 3.11. The van der Waals surface area contributed by atoms with E-state index in [4.69, 9.17) is 5.11 Å². The molecule has 7 heteroatoms. The summed E-state index contributed by atoms with van der Waals surface area (Å²) in [5, 5.41) is 14.9. The lowest BCUT2D eigenvalue weighted by Crippen LogP contribution is -2.07. The molecule has 0 spiro atoms. The Bertz CT molecular complexity index is 620. The monoisotopic (exact) mass is 284 g/mol. The van der Waals surface area contributed by atoms with E-state index in [1.807, 2.05) is 0 Å². The first-order valence-electron chi connectivity index (χ1n) is 5.80. The van der Waals surface area contributed by atoms with Gasteiger partial charge in [-0.1, -0.05) is 18.2 Å². The molecular weight excluding hydrogens is 273 g/mol. The van der Waals surface area contributed by atoms with Crippen molar-refractivity contribution >= 4 is 5.97 Å². The molecule has 2 rings (SSSR count). The Hall–Kier alpha value is -2.31. The third-order valence-electron chi connectivity index (χ3n) is 2.83. The van der Waals surface area contributed by atoms with Crippen molar-refractivity contribution in [1.29, 1.82) is 0 Å². The number of alkyl halides is 3. The average Bonchev–Trinajstić information content (AvgIpc) is 2.83. The van der Waals surface area contributed by atoms with Gasteiger partial charge in [-0.3, -0.25) is 9.89 Å². The van der Waals surface area contributed by atoms with E-state index in [2.05, 4.69) is 10.2 Å². The molecule has 2 aromatic rings. The second-order valence-electron chi connectivity index (χ2n) is 4.21. The molecule has 0 saturated heterocycles. The number of aromatic nitrogens is 2. The first-order valence-corrected chi connectivity index (χ1v) is 5.80. The molecule has 0 bridgehead atoms. The lowest BCUT2D eigenvalue weighted by atomic mass is 9.99. The van der Waals surface area contributed by atoms with Gasteiger partial charge in [0.25, 0.3) is 0 Å². The zero-order valence-electron chi connectivity index (χ0n) is 10.2. The summed E-state index contributed by atoms with van der Waals surface area (Å²) in [7, 11) is 0. The molecule has 0 saturated carbocycles.